The third kappa shape index (κ3) is 3.46. The van der Waals surface area contributed by atoms with Crippen LogP contribution in [-0.4, -0.2) is 24.8 Å². The molecule has 7 heteroatoms. The van der Waals surface area contributed by atoms with E-state index in [2.05, 4.69) is 5.32 Å². The maximum Gasteiger partial charge on any atom is 0.341 e. The summed E-state index contributed by atoms with van der Waals surface area (Å²) in [6.45, 7) is 7.48. The molecule has 25 heavy (non-hydrogen) atoms. The lowest BCUT2D eigenvalue weighted by atomic mass is 10.1. The quantitative estimate of drug-likeness (QED) is 0.836. The number of esters is 1. The van der Waals surface area contributed by atoms with Gasteiger partial charge in [-0.3, -0.25) is 4.79 Å². The summed E-state index contributed by atoms with van der Waals surface area (Å²) in [5, 5.41) is 3.31. The molecule has 3 rings (SSSR count). The van der Waals surface area contributed by atoms with Crippen LogP contribution in [0.1, 0.15) is 45.0 Å². The number of carbonyl (C=O) groups excluding carboxylic acids is 2. The van der Waals surface area contributed by atoms with Crippen LogP contribution >= 0.6 is 11.3 Å². The summed E-state index contributed by atoms with van der Waals surface area (Å²) in [4.78, 5) is 25.9. The second-order valence-electron chi connectivity index (χ2n) is 5.96. The Morgan fingerprint density at radius 2 is 1.92 bits per heavy atom. The number of aryl methyl sites for hydroxylation is 1. The predicted octanol–water partition coefficient (Wildman–Crippen LogP) is 3.91. The number of anilines is 1. The number of hydrogen-bond donors (Lipinski definition) is 1. The fraction of sp³-hybridized carbons (Fsp3) is 0.333. The fourth-order valence-electron chi connectivity index (χ4n) is 2.45. The Hall–Kier alpha value is -2.54. The van der Waals surface area contributed by atoms with E-state index in [-0.39, 0.29) is 18.8 Å². The van der Waals surface area contributed by atoms with Gasteiger partial charge in [0.2, 0.25) is 6.79 Å². The number of nitrogens with one attached hydrogen (secondary N) is 1. The van der Waals surface area contributed by atoms with Crippen molar-refractivity contribution in [2.24, 2.45) is 0 Å². The first-order chi connectivity index (χ1) is 11.9. The van der Waals surface area contributed by atoms with E-state index in [0.29, 0.717) is 27.6 Å². The second kappa shape index (κ2) is 6.76. The van der Waals surface area contributed by atoms with Gasteiger partial charge in [0.1, 0.15) is 5.00 Å². The molecule has 0 radical (unpaired) electrons. The maximum atomic E-state index is 12.6. The first kappa shape index (κ1) is 17.3. The lowest BCUT2D eigenvalue weighted by Gasteiger charge is -2.10. The summed E-state index contributed by atoms with van der Waals surface area (Å²) in [6.07, 6.45) is -0.232. The SMILES string of the molecule is Cc1sc(NC(=O)c2ccc3c(c2)OCO3)c(C(=O)OC(C)C)c1C. The monoisotopic (exact) mass is 361 g/mol. The summed E-state index contributed by atoms with van der Waals surface area (Å²) in [5.41, 5.74) is 1.65. The summed E-state index contributed by atoms with van der Waals surface area (Å²) < 4.78 is 15.8. The van der Waals surface area contributed by atoms with Crippen LogP contribution in [0.2, 0.25) is 0 Å². The third-order valence-corrected chi connectivity index (χ3v) is 4.92. The van der Waals surface area contributed by atoms with Crippen molar-refractivity contribution in [3.63, 3.8) is 0 Å². The van der Waals surface area contributed by atoms with Crippen molar-refractivity contribution in [1.82, 2.24) is 0 Å². The molecule has 1 aromatic carbocycles. The molecule has 1 aliphatic heterocycles. The molecule has 1 N–H and O–H groups in total. The summed E-state index contributed by atoms with van der Waals surface area (Å²) >= 11 is 1.36. The number of benzene rings is 1. The molecule has 1 aromatic heterocycles. The van der Waals surface area contributed by atoms with Crippen LogP contribution in [0.4, 0.5) is 5.00 Å². The van der Waals surface area contributed by atoms with Gasteiger partial charge >= 0.3 is 5.97 Å². The Morgan fingerprint density at radius 1 is 1.20 bits per heavy atom. The van der Waals surface area contributed by atoms with Gasteiger partial charge in [0.25, 0.3) is 5.91 Å². The standard InChI is InChI=1S/C18H19NO5S/c1-9(2)24-18(21)15-10(3)11(4)25-17(15)19-16(20)12-5-6-13-14(7-12)23-8-22-13/h5-7,9H,8H2,1-4H3,(H,19,20). The zero-order valence-electron chi connectivity index (χ0n) is 14.5. The van der Waals surface area contributed by atoms with E-state index >= 15 is 0 Å². The molecule has 2 aromatic rings. The van der Waals surface area contributed by atoms with Crippen molar-refractivity contribution >= 4 is 28.2 Å². The topological polar surface area (TPSA) is 73.9 Å². The van der Waals surface area contributed by atoms with E-state index in [1.165, 1.54) is 11.3 Å². The number of carbonyl (C=O) groups is 2. The number of fused-ring (bicyclic) bond motifs is 1. The van der Waals surface area contributed by atoms with Gasteiger partial charge in [-0.05, 0) is 51.5 Å². The van der Waals surface area contributed by atoms with E-state index in [1.807, 2.05) is 13.8 Å². The zero-order valence-corrected chi connectivity index (χ0v) is 15.3. The summed E-state index contributed by atoms with van der Waals surface area (Å²) in [5.74, 6) is 0.391. The van der Waals surface area contributed by atoms with E-state index in [9.17, 15) is 9.59 Å². The van der Waals surface area contributed by atoms with Crippen molar-refractivity contribution in [2.75, 3.05) is 12.1 Å². The Balaban J connectivity index is 1.86. The first-order valence-corrected chi connectivity index (χ1v) is 8.70. The van der Waals surface area contributed by atoms with Crippen LogP contribution in [0.25, 0.3) is 0 Å². The van der Waals surface area contributed by atoms with E-state index in [1.54, 1.807) is 32.0 Å². The molecule has 2 heterocycles. The van der Waals surface area contributed by atoms with Gasteiger partial charge in [-0.25, -0.2) is 4.79 Å². The lowest BCUT2D eigenvalue weighted by molar-refractivity contribution is 0.0379. The number of ether oxygens (including phenoxy) is 3. The van der Waals surface area contributed by atoms with Crippen LogP contribution in [0.5, 0.6) is 11.5 Å². The highest BCUT2D eigenvalue weighted by molar-refractivity contribution is 7.16. The summed E-state index contributed by atoms with van der Waals surface area (Å²) in [7, 11) is 0. The average molecular weight is 361 g/mol. The van der Waals surface area contributed by atoms with Crippen molar-refractivity contribution in [3.8, 4) is 11.5 Å². The Bertz CT molecular complexity index is 840. The summed E-state index contributed by atoms with van der Waals surface area (Å²) in [6, 6.07) is 4.97. The van der Waals surface area contributed by atoms with Crippen molar-refractivity contribution < 1.29 is 23.8 Å². The van der Waals surface area contributed by atoms with E-state index < -0.39 is 5.97 Å². The molecule has 1 aliphatic rings. The first-order valence-electron chi connectivity index (χ1n) is 7.88. The molecule has 0 bridgehead atoms. The normalized spacial score (nSPS) is 12.4. The van der Waals surface area contributed by atoms with E-state index in [0.717, 1.165) is 10.4 Å². The highest BCUT2D eigenvalue weighted by atomic mass is 32.1. The van der Waals surface area contributed by atoms with Crippen LogP contribution < -0.4 is 14.8 Å². The molecule has 0 unspecified atom stereocenters. The molecular weight excluding hydrogens is 342 g/mol. The number of hydrogen-bond acceptors (Lipinski definition) is 6. The Morgan fingerprint density at radius 3 is 2.64 bits per heavy atom. The average Bonchev–Trinajstić information content (AvgIpc) is 3.11. The number of rotatable bonds is 4. The molecule has 0 saturated heterocycles. The minimum Gasteiger partial charge on any atom is -0.459 e. The molecule has 0 aliphatic carbocycles. The van der Waals surface area contributed by atoms with Gasteiger partial charge in [-0.15, -0.1) is 11.3 Å². The minimum absolute atomic E-state index is 0.148. The van der Waals surface area contributed by atoms with Crippen LogP contribution in [0, 0.1) is 13.8 Å². The number of amides is 1. The highest BCUT2D eigenvalue weighted by Gasteiger charge is 2.24. The molecule has 1 amide bonds. The largest absolute Gasteiger partial charge is 0.459 e. The van der Waals surface area contributed by atoms with Gasteiger partial charge in [-0.2, -0.15) is 0 Å². The van der Waals surface area contributed by atoms with Crippen LogP contribution in [0.15, 0.2) is 18.2 Å². The van der Waals surface area contributed by atoms with Crippen molar-refractivity contribution in [2.45, 2.75) is 33.8 Å². The molecule has 0 spiro atoms. The molecule has 132 valence electrons. The van der Waals surface area contributed by atoms with Gasteiger partial charge < -0.3 is 19.5 Å². The molecular formula is C18H19NO5S. The van der Waals surface area contributed by atoms with Gasteiger partial charge in [0.15, 0.2) is 11.5 Å². The fourth-order valence-corrected chi connectivity index (χ4v) is 3.49. The molecule has 6 nitrogen and oxygen atoms in total. The lowest BCUT2D eigenvalue weighted by Crippen LogP contribution is -2.16. The Labute approximate surface area is 149 Å². The Kier molecular flexibility index (Phi) is 4.67. The van der Waals surface area contributed by atoms with Crippen molar-refractivity contribution in [3.05, 3.63) is 39.8 Å². The van der Waals surface area contributed by atoms with Crippen molar-refractivity contribution in [1.29, 1.82) is 0 Å². The van der Waals surface area contributed by atoms with E-state index in [4.69, 9.17) is 14.2 Å². The van der Waals surface area contributed by atoms with Gasteiger partial charge in [0, 0.05) is 10.4 Å². The highest BCUT2D eigenvalue weighted by Crippen LogP contribution is 2.35. The zero-order chi connectivity index (χ0) is 18.1. The third-order valence-electron chi connectivity index (χ3n) is 3.79. The van der Waals surface area contributed by atoms with Crippen LogP contribution in [0.3, 0.4) is 0 Å². The predicted molar refractivity (Wildman–Crippen MR) is 94.9 cm³/mol. The molecule has 0 saturated carbocycles. The maximum absolute atomic E-state index is 12.6. The second-order valence-corrected chi connectivity index (χ2v) is 7.19. The van der Waals surface area contributed by atoms with Gasteiger partial charge in [-0.1, -0.05) is 0 Å². The minimum atomic E-state index is -0.433. The van der Waals surface area contributed by atoms with Gasteiger partial charge in [0.05, 0.1) is 11.7 Å². The smallest absolute Gasteiger partial charge is 0.341 e. The molecule has 0 fully saturated rings. The van der Waals surface area contributed by atoms with Crippen LogP contribution in [-0.2, 0) is 4.74 Å². The number of thiophene rings is 1. The molecule has 0 atom stereocenters.